The summed E-state index contributed by atoms with van der Waals surface area (Å²) in [7, 11) is -3.68. The van der Waals surface area contributed by atoms with E-state index in [9.17, 15) is 13.2 Å². The van der Waals surface area contributed by atoms with E-state index >= 15 is 0 Å². The van der Waals surface area contributed by atoms with Gasteiger partial charge in [-0.1, -0.05) is 50.3 Å². The van der Waals surface area contributed by atoms with Crippen molar-refractivity contribution < 1.29 is 13.2 Å². The Kier molecular flexibility index (Phi) is 6.71. The van der Waals surface area contributed by atoms with Crippen LogP contribution in [0.1, 0.15) is 35.3 Å². The average molecular weight is 372 g/mol. The molecule has 0 radical (unpaired) electrons. The molecule has 26 heavy (non-hydrogen) atoms. The summed E-state index contributed by atoms with van der Waals surface area (Å²) in [6.45, 7) is 4.68. The van der Waals surface area contributed by atoms with Gasteiger partial charge in [0.2, 0.25) is 10.0 Å². The largest absolute Gasteiger partial charge is 0.352 e. The molecule has 1 amide bonds. The van der Waals surface area contributed by atoms with E-state index in [1.165, 1.54) is 12.1 Å². The van der Waals surface area contributed by atoms with Crippen molar-refractivity contribution in [2.24, 2.45) is 11.1 Å². The molecular weight excluding hydrogens is 348 g/mol. The minimum absolute atomic E-state index is 0.0805. The maximum absolute atomic E-state index is 12.2. The van der Waals surface area contributed by atoms with Gasteiger partial charge >= 0.3 is 0 Å². The minimum Gasteiger partial charge on any atom is -0.352 e. The Morgan fingerprint density at radius 2 is 1.69 bits per heavy atom. The maximum Gasteiger partial charge on any atom is 0.251 e. The number of hydrogen-bond donors (Lipinski definition) is 2. The van der Waals surface area contributed by atoms with Crippen LogP contribution in [-0.4, -0.2) is 20.9 Å². The normalized spacial score (nSPS) is 11.8. The Labute approximate surface area is 155 Å². The van der Waals surface area contributed by atoms with Gasteiger partial charge in [0.05, 0.1) is 4.90 Å². The van der Waals surface area contributed by atoms with Crippen LogP contribution in [0.3, 0.4) is 0 Å². The number of sulfonamides is 1. The van der Waals surface area contributed by atoms with Crippen molar-refractivity contribution in [2.75, 3.05) is 6.54 Å². The van der Waals surface area contributed by atoms with Gasteiger partial charge in [-0.2, -0.15) is 0 Å². The summed E-state index contributed by atoms with van der Waals surface area (Å²) in [5, 5.41) is 7.93. The summed E-state index contributed by atoms with van der Waals surface area (Å²) in [5.41, 5.74) is 2.59. The number of rotatable bonds is 7. The van der Waals surface area contributed by atoms with Crippen LogP contribution in [0.2, 0.25) is 0 Å². The van der Waals surface area contributed by atoms with Gasteiger partial charge in [-0.05, 0) is 47.7 Å². The van der Waals surface area contributed by atoms with E-state index in [4.69, 9.17) is 5.14 Å². The first-order chi connectivity index (χ1) is 12.3. The highest BCUT2D eigenvalue weighted by Crippen LogP contribution is 2.10. The molecule has 0 saturated carbocycles. The average Bonchev–Trinajstić information content (AvgIpc) is 2.60. The fourth-order valence-electron chi connectivity index (χ4n) is 2.32. The molecule has 0 aliphatic heterocycles. The van der Waals surface area contributed by atoms with Crippen LogP contribution in [-0.2, 0) is 16.4 Å². The number of nitrogens with one attached hydrogen (secondary N) is 1. The SMILES string of the molecule is CC(C)/C=C/c1ccc(C(=O)NCCc2ccc(S(N)(=O)=O)cc2)cc1. The second kappa shape index (κ2) is 8.78. The number of benzene rings is 2. The Morgan fingerprint density at radius 1 is 1.08 bits per heavy atom. The van der Waals surface area contributed by atoms with Crippen LogP contribution in [0.25, 0.3) is 6.08 Å². The van der Waals surface area contributed by atoms with Crippen LogP contribution < -0.4 is 10.5 Å². The van der Waals surface area contributed by atoms with E-state index in [0.29, 0.717) is 24.4 Å². The Morgan fingerprint density at radius 3 is 2.23 bits per heavy atom. The third-order valence-corrected chi connectivity index (χ3v) is 4.73. The van der Waals surface area contributed by atoms with Crippen molar-refractivity contribution in [1.82, 2.24) is 5.32 Å². The third kappa shape index (κ3) is 6.13. The summed E-state index contributed by atoms with van der Waals surface area (Å²) in [6.07, 6.45) is 4.75. The molecule has 5 nitrogen and oxygen atoms in total. The lowest BCUT2D eigenvalue weighted by atomic mass is 10.1. The maximum atomic E-state index is 12.2. The van der Waals surface area contributed by atoms with E-state index in [-0.39, 0.29) is 10.8 Å². The smallest absolute Gasteiger partial charge is 0.251 e. The highest BCUT2D eigenvalue weighted by molar-refractivity contribution is 7.89. The molecule has 0 saturated heterocycles. The Hall–Kier alpha value is -2.44. The molecule has 0 spiro atoms. The molecule has 2 aromatic carbocycles. The standard InChI is InChI=1S/C20H24N2O3S/c1-15(2)3-4-16-5-9-18(10-6-16)20(23)22-14-13-17-7-11-19(12-8-17)26(21,24)25/h3-12,15H,13-14H2,1-2H3,(H,22,23)(H2,21,24,25)/b4-3+. The van der Waals surface area contributed by atoms with Gasteiger partial charge in [0.1, 0.15) is 0 Å². The second-order valence-electron chi connectivity index (χ2n) is 6.42. The fourth-order valence-corrected chi connectivity index (χ4v) is 2.83. The fraction of sp³-hybridized carbons (Fsp3) is 0.250. The number of carbonyl (C=O) groups excluding carboxylic acids is 1. The highest BCUT2D eigenvalue weighted by atomic mass is 32.2. The number of hydrogen-bond acceptors (Lipinski definition) is 3. The Bertz CT molecular complexity index is 868. The molecule has 2 aromatic rings. The Balaban J connectivity index is 1.86. The van der Waals surface area contributed by atoms with Crippen LogP contribution in [0.5, 0.6) is 0 Å². The van der Waals surface area contributed by atoms with Gasteiger partial charge in [-0.3, -0.25) is 4.79 Å². The first kappa shape index (κ1) is 19.9. The van der Waals surface area contributed by atoms with Gasteiger partial charge in [0.15, 0.2) is 0 Å². The predicted molar refractivity (Wildman–Crippen MR) is 104 cm³/mol. The zero-order valence-corrected chi connectivity index (χ0v) is 15.8. The van der Waals surface area contributed by atoms with Crippen molar-refractivity contribution in [2.45, 2.75) is 25.2 Å². The van der Waals surface area contributed by atoms with Crippen molar-refractivity contribution >= 4 is 22.0 Å². The lowest BCUT2D eigenvalue weighted by Crippen LogP contribution is -2.25. The summed E-state index contributed by atoms with van der Waals surface area (Å²) < 4.78 is 22.4. The summed E-state index contributed by atoms with van der Waals surface area (Å²) in [5.74, 6) is 0.350. The molecule has 0 aliphatic carbocycles. The first-order valence-electron chi connectivity index (χ1n) is 8.44. The number of allylic oxidation sites excluding steroid dienone is 1. The zero-order chi connectivity index (χ0) is 19.2. The van der Waals surface area contributed by atoms with Gasteiger partial charge < -0.3 is 5.32 Å². The molecule has 138 valence electrons. The molecular formula is C20H24N2O3S. The van der Waals surface area contributed by atoms with E-state index < -0.39 is 10.0 Å². The quantitative estimate of drug-likeness (QED) is 0.783. The van der Waals surface area contributed by atoms with Crippen LogP contribution in [0.15, 0.2) is 59.5 Å². The minimum atomic E-state index is -3.68. The number of carbonyl (C=O) groups is 1. The lowest BCUT2D eigenvalue weighted by Gasteiger charge is -2.06. The van der Waals surface area contributed by atoms with Crippen LogP contribution in [0.4, 0.5) is 0 Å². The summed E-state index contributed by atoms with van der Waals surface area (Å²) in [6, 6.07) is 13.8. The molecule has 0 aromatic heterocycles. The first-order valence-corrected chi connectivity index (χ1v) is 9.98. The second-order valence-corrected chi connectivity index (χ2v) is 7.98. The third-order valence-electron chi connectivity index (χ3n) is 3.80. The molecule has 0 bridgehead atoms. The van der Waals surface area contributed by atoms with Crippen molar-refractivity contribution in [3.63, 3.8) is 0 Å². The number of nitrogens with two attached hydrogens (primary N) is 1. The van der Waals surface area contributed by atoms with Gasteiger partial charge in [-0.15, -0.1) is 0 Å². The summed E-state index contributed by atoms with van der Waals surface area (Å²) >= 11 is 0. The molecule has 6 heteroatoms. The van der Waals surface area contributed by atoms with Crippen molar-refractivity contribution in [1.29, 1.82) is 0 Å². The van der Waals surface area contributed by atoms with Crippen molar-refractivity contribution in [3.05, 3.63) is 71.3 Å². The highest BCUT2D eigenvalue weighted by Gasteiger charge is 2.07. The topological polar surface area (TPSA) is 89.3 Å². The summed E-state index contributed by atoms with van der Waals surface area (Å²) in [4.78, 5) is 12.3. The molecule has 0 aliphatic rings. The molecule has 0 atom stereocenters. The van der Waals surface area contributed by atoms with Crippen LogP contribution in [0, 0.1) is 5.92 Å². The molecule has 3 N–H and O–H groups in total. The van der Waals surface area contributed by atoms with Gasteiger partial charge in [0, 0.05) is 12.1 Å². The van der Waals surface area contributed by atoms with E-state index in [2.05, 4.69) is 25.2 Å². The van der Waals surface area contributed by atoms with Gasteiger partial charge in [0.25, 0.3) is 5.91 Å². The van der Waals surface area contributed by atoms with Gasteiger partial charge in [-0.25, -0.2) is 13.6 Å². The number of primary sulfonamides is 1. The molecule has 0 heterocycles. The van der Waals surface area contributed by atoms with Crippen LogP contribution >= 0.6 is 0 Å². The monoisotopic (exact) mass is 372 g/mol. The van der Waals surface area contributed by atoms with E-state index in [1.54, 1.807) is 24.3 Å². The molecule has 2 rings (SSSR count). The zero-order valence-electron chi connectivity index (χ0n) is 15.0. The van der Waals surface area contributed by atoms with Crippen molar-refractivity contribution in [3.8, 4) is 0 Å². The lowest BCUT2D eigenvalue weighted by molar-refractivity contribution is 0.0954. The number of amides is 1. The molecule has 0 fully saturated rings. The molecule has 0 unspecified atom stereocenters. The predicted octanol–water partition coefficient (Wildman–Crippen LogP) is 2.98. The van der Waals surface area contributed by atoms with E-state index in [0.717, 1.165) is 11.1 Å². The van der Waals surface area contributed by atoms with E-state index in [1.807, 2.05) is 18.2 Å².